The molecular weight excluding hydrogens is 404 g/mol. The molecule has 1 aliphatic heterocycles. The second kappa shape index (κ2) is 10.9. The summed E-state index contributed by atoms with van der Waals surface area (Å²) in [5, 5.41) is 2.89. The third kappa shape index (κ3) is 5.73. The molecule has 3 rings (SSSR count). The number of carbonyl (C=O) groups excluding carboxylic acids is 3. The van der Waals surface area contributed by atoms with Gasteiger partial charge in [0.15, 0.2) is 0 Å². The van der Waals surface area contributed by atoms with Crippen molar-refractivity contribution in [3.05, 3.63) is 65.2 Å². The van der Waals surface area contributed by atoms with Crippen LogP contribution >= 0.6 is 0 Å². The van der Waals surface area contributed by atoms with Crippen molar-refractivity contribution in [3.63, 3.8) is 0 Å². The Balaban J connectivity index is 1.67. The van der Waals surface area contributed by atoms with Gasteiger partial charge in [-0.25, -0.2) is 0 Å². The second-order valence-electron chi connectivity index (χ2n) is 8.13. The molecule has 3 amide bonds. The lowest BCUT2D eigenvalue weighted by Gasteiger charge is -2.31. The number of para-hydroxylation sites is 1. The fourth-order valence-electron chi connectivity index (χ4n) is 3.98. The molecule has 0 aliphatic carbocycles. The maximum Gasteiger partial charge on any atom is 0.255 e. The van der Waals surface area contributed by atoms with E-state index in [1.165, 1.54) is 0 Å². The van der Waals surface area contributed by atoms with Gasteiger partial charge >= 0.3 is 0 Å². The molecule has 1 saturated heterocycles. The summed E-state index contributed by atoms with van der Waals surface area (Å²) in [7, 11) is 0. The van der Waals surface area contributed by atoms with Crippen molar-refractivity contribution >= 4 is 23.4 Å². The smallest absolute Gasteiger partial charge is 0.255 e. The molecular formula is C25H32N4O3. The summed E-state index contributed by atoms with van der Waals surface area (Å²) in [6.07, 6.45) is 1.13. The van der Waals surface area contributed by atoms with Crippen molar-refractivity contribution in [3.8, 4) is 0 Å². The number of nitrogens with one attached hydrogen (secondary N) is 1. The number of primary amides is 1. The maximum absolute atomic E-state index is 13.1. The minimum Gasteiger partial charge on any atom is -0.369 e. The summed E-state index contributed by atoms with van der Waals surface area (Å²) >= 11 is 0. The number of piperidine rings is 1. The van der Waals surface area contributed by atoms with E-state index in [9.17, 15) is 14.4 Å². The molecule has 7 heteroatoms. The van der Waals surface area contributed by atoms with Crippen LogP contribution in [0, 0.1) is 5.92 Å². The third-order valence-electron chi connectivity index (χ3n) is 6.11. The highest BCUT2D eigenvalue weighted by Gasteiger charge is 2.27. The van der Waals surface area contributed by atoms with Crippen LogP contribution in [0.15, 0.2) is 48.5 Å². The monoisotopic (exact) mass is 436 g/mol. The zero-order valence-corrected chi connectivity index (χ0v) is 18.8. The van der Waals surface area contributed by atoms with Crippen molar-refractivity contribution in [2.45, 2.75) is 33.2 Å². The lowest BCUT2D eigenvalue weighted by Crippen LogP contribution is -2.42. The summed E-state index contributed by atoms with van der Waals surface area (Å²) < 4.78 is 0. The first kappa shape index (κ1) is 23.5. The number of anilines is 1. The van der Waals surface area contributed by atoms with Gasteiger partial charge in [-0.1, -0.05) is 38.1 Å². The Morgan fingerprint density at radius 1 is 1.00 bits per heavy atom. The van der Waals surface area contributed by atoms with E-state index in [0.717, 1.165) is 25.2 Å². The third-order valence-corrected chi connectivity index (χ3v) is 6.11. The van der Waals surface area contributed by atoms with E-state index in [-0.39, 0.29) is 23.6 Å². The molecule has 0 bridgehead atoms. The van der Waals surface area contributed by atoms with Crippen LogP contribution in [0.1, 0.15) is 53.0 Å². The SMILES string of the molecule is CCN(CC)Cc1ccc(C(=O)Nc2ccccc2C(=O)N2CCC(C(N)=O)CC2)cc1. The van der Waals surface area contributed by atoms with Crippen molar-refractivity contribution in [1.29, 1.82) is 0 Å². The maximum atomic E-state index is 13.1. The van der Waals surface area contributed by atoms with Crippen LogP contribution in [-0.4, -0.2) is 53.7 Å². The fourth-order valence-corrected chi connectivity index (χ4v) is 3.98. The molecule has 2 aromatic rings. The van der Waals surface area contributed by atoms with Crippen LogP contribution in [0.2, 0.25) is 0 Å². The standard InChI is InChI=1S/C25H32N4O3/c1-3-28(4-2)17-18-9-11-20(12-10-18)24(31)27-22-8-6-5-7-21(22)25(32)29-15-13-19(14-16-29)23(26)30/h5-12,19H,3-4,13-17H2,1-2H3,(H2,26,30)(H,27,31). The van der Waals surface area contributed by atoms with E-state index < -0.39 is 0 Å². The van der Waals surface area contributed by atoms with Gasteiger partial charge in [-0.2, -0.15) is 0 Å². The topological polar surface area (TPSA) is 95.7 Å². The molecule has 0 unspecified atom stereocenters. The summed E-state index contributed by atoms with van der Waals surface area (Å²) in [4.78, 5) is 41.3. The number of amides is 3. The normalized spacial score (nSPS) is 14.4. The van der Waals surface area contributed by atoms with E-state index in [2.05, 4.69) is 24.1 Å². The lowest BCUT2D eigenvalue weighted by molar-refractivity contribution is -0.123. The molecule has 0 aromatic heterocycles. The number of hydrogen-bond acceptors (Lipinski definition) is 4. The molecule has 0 atom stereocenters. The molecule has 1 heterocycles. The van der Waals surface area contributed by atoms with Crippen molar-refractivity contribution in [2.75, 3.05) is 31.5 Å². The second-order valence-corrected chi connectivity index (χ2v) is 8.13. The van der Waals surface area contributed by atoms with E-state index in [1.54, 1.807) is 29.2 Å². The average Bonchev–Trinajstić information content (AvgIpc) is 2.82. The van der Waals surface area contributed by atoms with Crippen LogP contribution in [0.5, 0.6) is 0 Å². The number of nitrogens with zero attached hydrogens (tertiary/aromatic N) is 2. The van der Waals surface area contributed by atoms with E-state index in [4.69, 9.17) is 5.73 Å². The average molecular weight is 437 g/mol. The van der Waals surface area contributed by atoms with Gasteiger partial charge in [0.25, 0.3) is 11.8 Å². The van der Waals surface area contributed by atoms with Crippen LogP contribution < -0.4 is 11.1 Å². The number of benzene rings is 2. The molecule has 3 N–H and O–H groups in total. The molecule has 170 valence electrons. The molecule has 0 radical (unpaired) electrons. The highest BCUT2D eigenvalue weighted by Crippen LogP contribution is 2.23. The Kier molecular flexibility index (Phi) is 8.00. The van der Waals surface area contributed by atoms with Crippen molar-refractivity contribution < 1.29 is 14.4 Å². The highest BCUT2D eigenvalue weighted by atomic mass is 16.2. The van der Waals surface area contributed by atoms with E-state index in [0.29, 0.717) is 42.7 Å². The molecule has 0 saturated carbocycles. The van der Waals surface area contributed by atoms with Gasteiger partial charge in [0, 0.05) is 31.1 Å². The number of nitrogens with two attached hydrogens (primary N) is 1. The minimum absolute atomic E-state index is 0.154. The molecule has 32 heavy (non-hydrogen) atoms. The molecule has 0 spiro atoms. The molecule has 1 fully saturated rings. The van der Waals surface area contributed by atoms with Crippen LogP contribution in [0.25, 0.3) is 0 Å². The Hall–Kier alpha value is -3.19. The first-order valence-corrected chi connectivity index (χ1v) is 11.2. The van der Waals surface area contributed by atoms with Crippen molar-refractivity contribution in [2.24, 2.45) is 11.7 Å². The summed E-state index contributed by atoms with van der Waals surface area (Å²) in [6, 6.07) is 14.6. The summed E-state index contributed by atoms with van der Waals surface area (Å²) in [6.45, 7) is 8.01. The largest absolute Gasteiger partial charge is 0.369 e. The minimum atomic E-state index is -0.312. The summed E-state index contributed by atoms with van der Waals surface area (Å²) in [5.74, 6) is -0.906. The van der Waals surface area contributed by atoms with Gasteiger partial charge < -0.3 is 16.0 Å². The van der Waals surface area contributed by atoms with Crippen LogP contribution in [0.4, 0.5) is 5.69 Å². The zero-order chi connectivity index (χ0) is 23.1. The zero-order valence-electron chi connectivity index (χ0n) is 18.8. The number of likely N-dealkylation sites (tertiary alicyclic amines) is 1. The molecule has 2 aromatic carbocycles. The number of hydrogen-bond donors (Lipinski definition) is 2. The van der Waals surface area contributed by atoms with Crippen molar-refractivity contribution in [1.82, 2.24) is 9.80 Å². The van der Waals surface area contributed by atoms with Gasteiger partial charge in [-0.15, -0.1) is 0 Å². The van der Waals surface area contributed by atoms with Gasteiger partial charge in [0.05, 0.1) is 11.3 Å². The van der Waals surface area contributed by atoms with Gasteiger partial charge in [0.2, 0.25) is 5.91 Å². The van der Waals surface area contributed by atoms with Gasteiger partial charge in [-0.05, 0) is 55.8 Å². The Morgan fingerprint density at radius 3 is 2.22 bits per heavy atom. The first-order valence-electron chi connectivity index (χ1n) is 11.2. The van der Waals surface area contributed by atoms with Gasteiger partial charge in [0.1, 0.15) is 0 Å². The fraction of sp³-hybridized carbons (Fsp3) is 0.400. The first-order chi connectivity index (χ1) is 15.4. The Bertz CT molecular complexity index is 946. The number of rotatable bonds is 8. The molecule has 1 aliphatic rings. The van der Waals surface area contributed by atoms with Gasteiger partial charge in [-0.3, -0.25) is 19.3 Å². The predicted molar refractivity (Wildman–Crippen MR) is 125 cm³/mol. The van der Waals surface area contributed by atoms with E-state index >= 15 is 0 Å². The Morgan fingerprint density at radius 2 is 1.62 bits per heavy atom. The Labute approximate surface area is 189 Å². The quantitative estimate of drug-likeness (QED) is 0.665. The lowest BCUT2D eigenvalue weighted by atomic mass is 9.95. The molecule has 7 nitrogen and oxygen atoms in total. The number of carbonyl (C=O) groups is 3. The van der Waals surface area contributed by atoms with Crippen LogP contribution in [0.3, 0.4) is 0 Å². The van der Waals surface area contributed by atoms with Crippen LogP contribution in [-0.2, 0) is 11.3 Å². The predicted octanol–water partition coefficient (Wildman–Crippen LogP) is 3.12. The van der Waals surface area contributed by atoms with E-state index in [1.807, 2.05) is 24.3 Å². The summed E-state index contributed by atoms with van der Waals surface area (Å²) in [5.41, 5.74) is 8.00. The highest BCUT2D eigenvalue weighted by molar-refractivity contribution is 6.09.